The molecule has 1 fully saturated rings. The van der Waals surface area contributed by atoms with Gasteiger partial charge >= 0.3 is 0 Å². The number of ketones is 1. The topological polar surface area (TPSA) is 48.0 Å². The van der Waals surface area contributed by atoms with Crippen molar-refractivity contribution in [3.63, 3.8) is 0 Å². The molecule has 0 saturated carbocycles. The summed E-state index contributed by atoms with van der Waals surface area (Å²) in [5, 5.41) is 0. The lowest BCUT2D eigenvalue weighted by atomic mass is 9.91. The Morgan fingerprint density at radius 2 is 1.65 bits per heavy atom. The van der Waals surface area contributed by atoms with E-state index in [-0.39, 0.29) is 5.78 Å². The van der Waals surface area contributed by atoms with E-state index in [2.05, 4.69) is 18.7 Å². The van der Waals surface area contributed by atoms with Crippen LogP contribution in [0.1, 0.15) is 30.6 Å². The highest BCUT2D eigenvalue weighted by molar-refractivity contribution is 6.01. The lowest BCUT2D eigenvalue weighted by Gasteiger charge is -2.34. The number of ether oxygens (including phenoxy) is 3. The average molecular weight is 321 g/mol. The van der Waals surface area contributed by atoms with Crippen molar-refractivity contribution in [3.05, 3.63) is 17.7 Å². The molecule has 0 aromatic heterocycles. The molecule has 1 aromatic rings. The zero-order valence-electron chi connectivity index (χ0n) is 14.7. The lowest BCUT2D eigenvalue weighted by Crippen LogP contribution is -2.41. The Kier molecular flexibility index (Phi) is 5.88. The van der Waals surface area contributed by atoms with E-state index >= 15 is 0 Å². The maximum Gasteiger partial charge on any atom is 0.204 e. The van der Waals surface area contributed by atoms with Gasteiger partial charge in [-0.25, -0.2) is 0 Å². The fraction of sp³-hybridized carbons (Fsp3) is 0.611. The zero-order valence-corrected chi connectivity index (χ0v) is 14.7. The van der Waals surface area contributed by atoms with Gasteiger partial charge in [0.05, 0.1) is 33.4 Å². The summed E-state index contributed by atoms with van der Waals surface area (Å²) in [6, 6.07) is 3.50. The molecule has 0 bridgehead atoms. The van der Waals surface area contributed by atoms with Gasteiger partial charge in [0.25, 0.3) is 0 Å². The SMILES string of the molecule is COc1ccc(C(=O)CN2CC(C)CC(C)C2)c(OC)c1OC. The molecule has 1 aliphatic rings. The first-order valence-corrected chi connectivity index (χ1v) is 8.04. The van der Waals surface area contributed by atoms with Crippen molar-refractivity contribution in [2.45, 2.75) is 20.3 Å². The second-order valence-corrected chi connectivity index (χ2v) is 6.45. The highest BCUT2D eigenvalue weighted by atomic mass is 16.5. The molecule has 128 valence electrons. The number of nitrogens with zero attached hydrogens (tertiary/aromatic N) is 1. The molecule has 23 heavy (non-hydrogen) atoms. The predicted molar refractivity (Wildman–Crippen MR) is 89.8 cm³/mol. The summed E-state index contributed by atoms with van der Waals surface area (Å²) >= 11 is 0. The smallest absolute Gasteiger partial charge is 0.204 e. The van der Waals surface area contributed by atoms with Gasteiger partial charge in [-0.2, -0.15) is 0 Å². The second kappa shape index (κ2) is 7.68. The van der Waals surface area contributed by atoms with Crippen LogP contribution < -0.4 is 14.2 Å². The Hall–Kier alpha value is -1.75. The van der Waals surface area contributed by atoms with Crippen LogP contribution in [0.3, 0.4) is 0 Å². The minimum atomic E-state index is 0.0455. The molecule has 1 aromatic carbocycles. The Labute approximate surface area is 138 Å². The summed E-state index contributed by atoms with van der Waals surface area (Å²) in [5.74, 6) is 2.75. The van der Waals surface area contributed by atoms with Crippen molar-refractivity contribution in [1.29, 1.82) is 0 Å². The number of benzene rings is 1. The molecule has 0 N–H and O–H groups in total. The third-order valence-corrected chi connectivity index (χ3v) is 4.32. The van der Waals surface area contributed by atoms with Gasteiger partial charge in [0.15, 0.2) is 17.3 Å². The predicted octanol–water partition coefficient (Wildman–Crippen LogP) is 2.87. The molecule has 2 unspecified atom stereocenters. The minimum absolute atomic E-state index is 0.0455. The second-order valence-electron chi connectivity index (χ2n) is 6.45. The summed E-state index contributed by atoms with van der Waals surface area (Å²) < 4.78 is 16.0. The van der Waals surface area contributed by atoms with Gasteiger partial charge < -0.3 is 14.2 Å². The fourth-order valence-electron chi connectivity index (χ4n) is 3.53. The van der Waals surface area contributed by atoms with Crippen molar-refractivity contribution in [3.8, 4) is 17.2 Å². The largest absolute Gasteiger partial charge is 0.493 e. The molecule has 2 rings (SSSR count). The molecular formula is C18H27NO4. The van der Waals surface area contributed by atoms with Gasteiger partial charge in [-0.15, -0.1) is 0 Å². The van der Waals surface area contributed by atoms with Crippen LogP contribution >= 0.6 is 0 Å². The normalized spacial score (nSPS) is 21.8. The van der Waals surface area contributed by atoms with E-state index in [9.17, 15) is 4.79 Å². The zero-order chi connectivity index (χ0) is 17.0. The maximum absolute atomic E-state index is 12.8. The number of carbonyl (C=O) groups excluding carboxylic acids is 1. The summed E-state index contributed by atoms with van der Waals surface area (Å²) in [5.41, 5.74) is 0.538. The van der Waals surface area contributed by atoms with Crippen molar-refractivity contribution < 1.29 is 19.0 Å². The van der Waals surface area contributed by atoms with Crippen molar-refractivity contribution in [2.75, 3.05) is 41.0 Å². The Morgan fingerprint density at radius 1 is 1.04 bits per heavy atom. The van der Waals surface area contributed by atoms with Gasteiger partial charge in [0.1, 0.15) is 0 Å². The van der Waals surface area contributed by atoms with Crippen LogP contribution in [0.2, 0.25) is 0 Å². The van der Waals surface area contributed by atoms with Crippen LogP contribution in [0.4, 0.5) is 0 Å². The lowest BCUT2D eigenvalue weighted by molar-refractivity contribution is 0.0846. The monoisotopic (exact) mass is 321 g/mol. The molecule has 5 heteroatoms. The Morgan fingerprint density at radius 3 is 2.17 bits per heavy atom. The molecule has 2 atom stereocenters. The third-order valence-electron chi connectivity index (χ3n) is 4.32. The number of rotatable bonds is 6. The summed E-state index contributed by atoms with van der Waals surface area (Å²) in [6.07, 6.45) is 1.23. The standard InChI is InChI=1S/C18H27NO4/c1-12-8-13(2)10-19(9-12)11-15(20)14-6-7-16(21-3)18(23-5)17(14)22-4/h6-7,12-13H,8-11H2,1-5H3. The van der Waals surface area contributed by atoms with Gasteiger partial charge in [0.2, 0.25) is 5.75 Å². The van der Waals surface area contributed by atoms with Gasteiger partial charge in [-0.05, 0) is 30.4 Å². The number of likely N-dealkylation sites (tertiary alicyclic amines) is 1. The van der Waals surface area contributed by atoms with Crippen molar-refractivity contribution in [1.82, 2.24) is 4.90 Å². The first-order valence-electron chi connectivity index (χ1n) is 8.04. The first kappa shape index (κ1) is 17.6. The fourth-order valence-corrected chi connectivity index (χ4v) is 3.53. The van der Waals surface area contributed by atoms with Gasteiger partial charge in [-0.3, -0.25) is 9.69 Å². The van der Waals surface area contributed by atoms with Crippen molar-refractivity contribution >= 4 is 5.78 Å². The van der Waals surface area contributed by atoms with Crippen LogP contribution in [0.15, 0.2) is 12.1 Å². The number of methoxy groups -OCH3 is 3. The highest BCUT2D eigenvalue weighted by Crippen LogP contribution is 2.40. The molecule has 1 heterocycles. The Bertz CT molecular complexity index is 548. The van der Waals surface area contributed by atoms with E-state index in [1.165, 1.54) is 6.42 Å². The van der Waals surface area contributed by atoms with Crippen LogP contribution in [-0.2, 0) is 0 Å². The number of Topliss-reactive ketones (excluding diaryl/α,β-unsaturated/α-hetero) is 1. The number of hydrogen-bond acceptors (Lipinski definition) is 5. The van der Waals surface area contributed by atoms with E-state index in [0.29, 0.717) is 41.2 Å². The van der Waals surface area contributed by atoms with E-state index in [4.69, 9.17) is 14.2 Å². The van der Waals surface area contributed by atoms with Crippen molar-refractivity contribution in [2.24, 2.45) is 11.8 Å². The number of piperidine rings is 1. The van der Waals surface area contributed by atoms with Gasteiger partial charge in [-0.1, -0.05) is 13.8 Å². The first-order chi connectivity index (χ1) is 11.0. The molecular weight excluding hydrogens is 294 g/mol. The molecule has 0 aliphatic carbocycles. The van der Waals surface area contributed by atoms with E-state index in [1.54, 1.807) is 33.5 Å². The molecule has 1 aliphatic heterocycles. The highest BCUT2D eigenvalue weighted by Gasteiger charge is 2.26. The molecule has 1 saturated heterocycles. The number of hydrogen-bond donors (Lipinski definition) is 0. The quantitative estimate of drug-likeness (QED) is 0.754. The van der Waals surface area contributed by atoms with Crippen LogP contribution in [0.25, 0.3) is 0 Å². The van der Waals surface area contributed by atoms with E-state index in [0.717, 1.165) is 13.1 Å². The third kappa shape index (κ3) is 3.96. The van der Waals surface area contributed by atoms with Crippen LogP contribution in [-0.4, -0.2) is 51.6 Å². The average Bonchev–Trinajstić information content (AvgIpc) is 2.51. The maximum atomic E-state index is 12.8. The van der Waals surface area contributed by atoms with Crippen LogP contribution in [0, 0.1) is 11.8 Å². The summed E-state index contributed by atoms with van der Waals surface area (Å²) in [6.45, 7) is 6.81. The van der Waals surface area contributed by atoms with E-state index < -0.39 is 0 Å². The van der Waals surface area contributed by atoms with Gasteiger partial charge in [0, 0.05) is 13.1 Å². The summed E-state index contributed by atoms with van der Waals surface area (Å²) in [4.78, 5) is 15.0. The molecule has 0 amide bonds. The molecule has 5 nitrogen and oxygen atoms in total. The number of carbonyl (C=O) groups is 1. The summed E-state index contributed by atoms with van der Waals surface area (Å²) in [7, 11) is 4.65. The van der Waals surface area contributed by atoms with Crippen LogP contribution in [0.5, 0.6) is 17.2 Å². The molecule has 0 spiro atoms. The molecule has 0 radical (unpaired) electrons. The Balaban J connectivity index is 2.22. The minimum Gasteiger partial charge on any atom is -0.493 e. The van der Waals surface area contributed by atoms with E-state index in [1.807, 2.05) is 0 Å².